The lowest BCUT2D eigenvalue weighted by Crippen LogP contribution is -1.99. The summed E-state index contributed by atoms with van der Waals surface area (Å²) in [5, 5.41) is 1.10. The highest BCUT2D eigenvalue weighted by Gasteiger charge is 2.05. The minimum atomic E-state index is -0.356. The molecule has 19 heavy (non-hydrogen) atoms. The van der Waals surface area contributed by atoms with E-state index in [1.165, 1.54) is 6.07 Å². The minimum absolute atomic E-state index is 0.173. The van der Waals surface area contributed by atoms with E-state index in [4.69, 9.17) is 16.3 Å². The van der Waals surface area contributed by atoms with Crippen LogP contribution in [-0.4, -0.2) is 0 Å². The largest absolute Gasteiger partial charge is 0.489 e. The molecule has 1 nitrogen and oxygen atoms in total. The Labute approximate surface area is 133 Å². The van der Waals surface area contributed by atoms with Gasteiger partial charge >= 0.3 is 0 Å². The number of hydrogen-bond acceptors (Lipinski definition) is 1. The van der Waals surface area contributed by atoms with Gasteiger partial charge in [-0.05, 0) is 35.9 Å². The monoisotopic (exact) mass is 406 g/mol. The summed E-state index contributed by atoms with van der Waals surface area (Å²) in [5.41, 5.74) is 1.56. The molecule has 0 fully saturated rings. The molecule has 0 aliphatic heterocycles. The molecule has 0 amide bonds. The van der Waals surface area contributed by atoms with Crippen LogP contribution in [0.15, 0.2) is 40.9 Å². The summed E-state index contributed by atoms with van der Waals surface area (Å²) in [6, 6.07) is 10.2. The van der Waals surface area contributed by atoms with Crippen LogP contribution in [0.25, 0.3) is 0 Å². The van der Waals surface area contributed by atoms with E-state index >= 15 is 0 Å². The fraction of sp³-hybridized carbons (Fsp3) is 0.143. The molecule has 0 N–H and O–H groups in total. The van der Waals surface area contributed by atoms with Gasteiger partial charge in [0.1, 0.15) is 18.2 Å². The van der Waals surface area contributed by atoms with Gasteiger partial charge in [-0.3, -0.25) is 0 Å². The average Bonchev–Trinajstić information content (AvgIpc) is 2.39. The Bertz CT molecular complexity index is 590. The highest BCUT2D eigenvalue weighted by molar-refractivity contribution is 9.10. The van der Waals surface area contributed by atoms with E-state index in [1.54, 1.807) is 12.1 Å². The molecule has 2 aromatic carbocycles. The zero-order valence-corrected chi connectivity index (χ0v) is 13.7. The molecule has 0 aromatic heterocycles. The van der Waals surface area contributed by atoms with Crippen molar-refractivity contribution < 1.29 is 9.13 Å². The molecule has 0 saturated heterocycles. The molecule has 0 unspecified atom stereocenters. The predicted molar refractivity (Wildman–Crippen MR) is 82.5 cm³/mol. The summed E-state index contributed by atoms with van der Waals surface area (Å²) in [4.78, 5) is 0. The van der Waals surface area contributed by atoms with Crippen LogP contribution in [0, 0.1) is 5.82 Å². The van der Waals surface area contributed by atoms with E-state index in [9.17, 15) is 4.39 Å². The molecule has 0 atom stereocenters. The number of benzene rings is 2. The third kappa shape index (κ3) is 3.94. The molecule has 100 valence electrons. The molecular weight excluding hydrogens is 398 g/mol. The third-order valence-corrected chi connectivity index (χ3v) is 4.18. The van der Waals surface area contributed by atoms with Crippen molar-refractivity contribution in [2.24, 2.45) is 0 Å². The normalized spacial score (nSPS) is 10.5. The topological polar surface area (TPSA) is 9.23 Å². The summed E-state index contributed by atoms with van der Waals surface area (Å²) >= 11 is 12.5. The zero-order valence-electron chi connectivity index (χ0n) is 9.80. The first kappa shape index (κ1) is 14.8. The lowest BCUT2D eigenvalue weighted by molar-refractivity contribution is 0.299. The molecule has 0 heterocycles. The van der Waals surface area contributed by atoms with Gasteiger partial charge < -0.3 is 4.74 Å². The zero-order chi connectivity index (χ0) is 13.8. The number of alkyl halides is 1. The summed E-state index contributed by atoms with van der Waals surface area (Å²) < 4.78 is 20.2. The number of ether oxygens (including phenoxy) is 1. The Morgan fingerprint density at radius 1 is 1.11 bits per heavy atom. The molecule has 2 rings (SSSR count). The van der Waals surface area contributed by atoms with Gasteiger partial charge in [0.15, 0.2) is 0 Å². The molecule has 0 aliphatic carbocycles. The molecule has 0 spiro atoms. The highest BCUT2D eigenvalue weighted by Crippen LogP contribution is 2.25. The van der Waals surface area contributed by atoms with Crippen LogP contribution in [0.1, 0.15) is 11.1 Å². The molecular formula is C14H10Br2ClFO. The van der Waals surface area contributed by atoms with Crippen molar-refractivity contribution in [3.05, 3.63) is 62.8 Å². The fourth-order valence-corrected chi connectivity index (χ4v) is 2.93. The van der Waals surface area contributed by atoms with Gasteiger partial charge in [-0.25, -0.2) is 4.39 Å². The first-order chi connectivity index (χ1) is 9.10. The van der Waals surface area contributed by atoms with E-state index in [1.807, 2.05) is 18.2 Å². The Morgan fingerprint density at radius 3 is 2.58 bits per heavy atom. The van der Waals surface area contributed by atoms with E-state index in [0.29, 0.717) is 16.3 Å². The van der Waals surface area contributed by atoms with Gasteiger partial charge in [0.25, 0.3) is 0 Å². The van der Waals surface area contributed by atoms with Crippen LogP contribution in [0.4, 0.5) is 4.39 Å². The van der Waals surface area contributed by atoms with Crippen molar-refractivity contribution in [3.63, 3.8) is 0 Å². The number of rotatable bonds is 4. The first-order valence-electron chi connectivity index (χ1n) is 5.51. The second-order valence-corrected chi connectivity index (χ2v) is 5.76. The van der Waals surface area contributed by atoms with Crippen LogP contribution in [-0.2, 0) is 11.9 Å². The van der Waals surface area contributed by atoms with Gasteiger partial charge in [0.2, 0.25) is 0 Å². The highest BCUT2D eigenvalue weighted by atomic mass is 79.9. The predicted octanol–water partition coefficient (Wildman–Crippen LogP) is 5.72. The van der Waals surface area contributed by atoms with Crippen LogP contribution in [0.3, 0.4) is 0 Å². The SMILES string of the molecule is Fc1cc(Cl)ccc1COc1ccc(Br)c(CBr)c1. The average molecular weight is 408 g/mol. The van der Waals surface area contributed by atoms with Crippen molar-refractivity contribution in [1.29, 1.82) is 0 Å². The smallest absolute Gasteiger partial charge is 0.131 e. The van der Waals surface area contributed by atoms with Gasteiger partial charge in [0.05, 0.1) is 0 Å². The number of hydrogen-bond donors (Lipinski definition) is 0. The number of halogens is 4. The lowest BCUT2D eigenvalue weighted by atomic mass is 10.2. The first-order valence-corrected chi connectivity index (χ1v) is 7.80. The maximum Gasteiger partial charge on any atom is 0.131 e. The molecule has 2 aromatic rings. The fourth-order valence-electron chi connectivity index (χ4n) is 1.54. The van der Waals surface area contributed by atoms with E-state index < -0.39 is 0 Å². The second kappa shape index (κ2) is 6.73. The van der Waals surface area contributed by atoms with Gasteiger partial charge in [-0.15, -0.1) is 0 Å². The Hall–Kier alpha value is -0.580. The molecule has 0 radical (unpaired) electrons. The van der Waals surface area contributed by atoms with Gasteiger partial charge in [-0.2, -0.15) is 0 Å². The standard InChI is InChI=1S/C14H10Br2ClFO/c15-7-10-5-12(3-4-13(10)16)19-8-9-1-2-11(17)6-14(9)18/h1-6H,7-8H2. The molecule has 0 bridgehead atoms. The maximum absolute atomic E-state index is 13.6. The summed E-state index contributed by atoms with van der Waals surface area (Å²) in [6.07, 6.45) is 0. The summed E-state index contributed by atoms with van der Waals surface area (Å²) in [6.45, 7) is 0.173. The summed E-state index contributed by atoms with van der Waals surface area (Å²) in [5.74, 6) is 0.345. The second-order valence-electron chi connectivity index (χ2n) is 3.91. The molecule has 5 heteroatoms. The Kier molecular flexibility index (Phi) is 5.25. The quantitative estimate of drug-likeness (QED) is 0.589. The Morgan fingerprint density at radius 2 is 1.89 bits per heavy atom. The van der Waals surface area contributed by atoms with Crippen LogP contribution < -0.4 is 4.74 Å². The van der Waals surface area contributed by atoms with E-state index in [0.717, 1.165) is 15.4 Å². The van der Waals surface area contributed by atoms with Gasteiger partial charge in [-0.1, -0.05) is 49.5 Å². The van der Waals surface area contributed by atoms with Gasteiger partial charge in [0, 0.05) is 20.4 Å². The van der Waals surface area contributed by atoms with Crippen molar-refractivity contribution in [3.8, 4) is 5.75 Å². The van der Waals surface area contributed by atoms with Crippen LogP contribution in [0.5, 0.6) is 5.75 Å². The lowest BCUT2D eigenvalue weighted by Gasteiger charge is -2.09. The van der Waals surface area contributed by atoms with E-state index in [2.05, 4.69) is 31.9 Å². The van der Waals surface area contributed by atoms with Crippen molar-refractivity contribution in [2.45, 2.75) is 11.9 Å². The van der Waals surface area contributed by atoms with Crippen molar-refractivity contribution in [1.82, 2.24) is 0 Å². The molecule has 0 aliphatic rings. The van der Waals surface area contributed by atoms with Crippen molar-refractivity contribution in [2.75, 3.05) is 0 Å². The van der Waals surface area contributed by atoms with Crippen LogP contribution >= 0.6 is 43.5 Å². The maximum atomic E-state index is 13.6. The minimum Gasteiger partial charge on any atom is -0.489 e. The van der Waals surface area contributed by atoms with E-state index in [-0.39, 0.29) is 12.4 Å². The molecule has 0 saturated carbocycles. The Balaban J connectivity index is 2.10. The third-order valence-electron chi connectivity index (χ3n) is 2.57. The van der Waals surface area contributed by atoms with Crippen LogP contribution in [0.2, 0.25) is 5.02 Å². The van der Waals surface area contributed by atoms with Crippen molar-refractivity contribution >= 4 is 43.5 Å². The summed E-state index contributed by atoms with van der Waals surface area (Å²) in [7, 11) is 0.